The van der Waals surface area contributed by atoms with Crippen molar-refractivity contribution in [3.8, 4) is 0 Å². The number of nitrogens with zero attached hydrogens (tertiary/aromatic N) is 1. The van der Waals surface area contributed by atoms with Gasteiger partial charge in [-0.15, -0.1) is 0 Å². The van der Waals surface area contributed by atoms with Gasteiger partial charge >= 0.3 is 0 Å². The molecule has 0 aromatic heterocycles. The number of nitrogens with one attached hydrogen (secondary N) is 1. The smallest absolute Gasteiger partial charge is 0.0594 e. The minimum Gasteiger partial charge on any atom is -0.379 e. The average Bonchev–Trinajstić information content (AvgIpc) is 2.63. The number of unbranched alkanes of at least 4 members (excludes halogenated alkanes) is 2. The minimum absolute atomic E-state index is 0.898. The molecular formula is C21H34N2O. The molecule has 0 saturated carbocycles. The monoisotopic (exact) mass is 330 g/mol. The van der Waals surface area contributed by atoms with E-state index in [1.54, 1.807) is 0 Å². The van der Waals surface area contributed by atoms with Gasteiger partial charge < -0.3 is 10.1 Å². The first-order chi connectivity index (χ1) is 11.9. The Kier molecular flexibility index (Phi) is 9.77. The van der Waals surface area contributed by atoms with E-state index in [0.717, 1.165) is 39.4 Å². The molecule has 0 bridgehead atoms. The number of hydrogen-bond acceptors (Lipinski definition) is 3. The van der Waals surface area contributed by atoms with Gasteiger partial charge in [0.1, 0.15) is 0 Å². The van der Waals surface area contributed by atoms with Crippen molar-refractivity contribution in [1.29, 1.82) is 0 Å². The first-order valence-electron chi connectivity index (χ1n) is 9.64. The van der Waals surface area contributed by atoms with Gasteiger partial charge in [-0.3, -0.25) is 4.90 Å². The predicted molar refractivity (Wildman–Crippen MR) is 103 cm³/mol. The molecule has 0 radical (unpaired) electrons. The fraction of sp³-hybridized carbons (Fsp3) is 0.619. The molecule has 0 atom stereocenters. The van der Waals surface area contributed by atoms with Crippen LogP contribution in [-0.4, -0.2) is 50.8 Å². The Morgan fingerprint density at radius 3 is 2.67 bits per heavy atom. The molecular weight excluding hydrogens is 296 g/mol. The van der Waals surface area contributed by atoms with Crippen LogP contribution >= 0.6 is 0 Å². The second kappa shape index (κ2) is 12.2. The molecule has 134 valence electrons. The summed E-state index contributed by atoms with van der Waals surface area (Å²) < 4.78 is 5.40. The number of rotatable bonds is 11. The van der Waals surface area contributed by atoms with E-state index in [9.17, 15) is 0 Å². The maximum atomic E-state index is 5.40. The molecule has 1 aliphatic rings. The van der Waals surface area contributed by atoms with Crippen LogP contribution in [0.3, 0.4) is 0 Å². The lowest BCUT2D eigenvalue weighted by Gasteiger charge is -2.26. The van der Waals surface area contributed by atoms with Crippen LogP contribution in [0.25, 0.3) is 6.08 Å². The van der Waals surface area contributed by atoms with Gasteiger partial charge in [-0.05, 0) is 37.9 Å². The first-order valence-corrected chi connectivity index (χ1v) is 9.64. The Bertz CT molecular complexity index is 452. The van der Waals surface area contributed by atoms with Gasteiger partial charge in [-0.1, -0.05) is 61.7 Å². The highest BCUT2D eigenvalue weighted by molar-refractivity contribution is 5.52. The van der Waals surface area contributed by atoms with Crippen molar-refractivity contribution >= 4 is 6.08 Å². The third-order valence-corrected chi connectivity index (χ3v) is 4.56. The number of morpholine rings is 1. The van der Waals surface area contributed by atoms with Crippen molar-refractivity contribution in [2.24, 2.45) is 0 Å². The van der Waals surface area contributed by atoms with Crippen LogP contribution < -0.4 is 5.32 Å². The summed E-state index contributed by atoms with van der Waals surface area (Å²) in [5.41, 5.74) is 2.85. The van der Waals surface area contributed by atoms with Gasteiger partial charge in [0.15, 0.2) is 0 Å². The number of hydrogen-bond donors (Lipinski definition) is 1. The molecule has 1 aliphatic heterocycles. The summed E-state index contributed by atoms with van der Waals surface area (Å²) in [6.45, 7) is 9.55. The van der Waals surface area contributed by atoms with Crippen molar-refractivity contribution in [2.45, 2.75) is 39.0 Å². The van der Waals surface area contributed by atoms with Crippen molar-refractivity contribution < 1.29 is 4.74 Å². The highest BCUT2D eigenvalue weighted by atomic mass is 16.5. The fourth-order valence-corrected chi connectivity index (χ4v) is 3.10. The third-order valence-electron chi connectivity index (χ3n) is 4.56. The minimum atomic E-state index is 0.898. The van der Waals surface area contributed by atoms with Crippen molar-refractivity contribution in [1.82, 2.24) is 10.2 Å². The summed E-state index contributed by atoms with van der Waals surface area (Å²) in [5, 5.41) is 3.65. The van der Waals surface area contributed by atoms with E-state index in [1.165, 1.54) is 49.8 Å². The van der Waals surface area contributed by atoms with E-state index in [-0.39, 0.29) is 0 Å². The van der Waals surface area contributed by atoms with Crippen molar-refractivity contribution in [3.05, 3.63) is 41.5 Å². The molecule has 1 heterocycles. The molecule has 1 aromatic rings. The van der Waals surface area contributed by atoms with E-state index >= 15 is 0 Å². The lowest BCUT2D eigenvalue weighted by molar-refractivity contribution is 0.0375. The average molecular weight is 331 g/mol. The summed E-state index contributed by atoms with van der Waals surface area (Å²) in [4.78, 5) is 2.51. The van der Waals surface area contributed by atoms with Gasteiger partial charge in [0.25, 0.3) is 0 Å². The summed E-state index contributed by atoms with van der Waals surface area (Å²) in [6.07, 6.45) is 8.69. The van der Waals surface area contributed by atoms with Crippen LogP contribution in [0.4, 0.5) is 0 Å². The van der Waals surface area contributed by atoms with Crippen LogP contribution in [-0.2, 0) is 4.74 Å². The zero-order valence-corrected chi connectivity index (χ0v) is 15.3. The molecule has 1 fully saturated rings. The molecule has 1 saturated heterocycles. The van der Waals surface area contributed by atoms with Crippen LogP contribution in [0.2, 0.25) is 0 Å². The summed E-state index contributed by atoms with van der Waals surface area (Å²) >= 11 is 0. The lowest BCUT2D eigenvalue weighted by atomic mass is 10.0. The second-order valence-electron chi connectivity index (χ2n) is 6.65. The van der Waals surface area contributed by atoms with E-state index in [1.807, 2.05) is 0 Å². The second-order valence-corrected chi connectivity index (χ2v) is 6.65. The van der Waals surface area contributed by atoms with Crippen molar-refractivity contribution in [3.63, 3.8) is 0 Å². The Morgan fingerprint density at radius 1 is 1.12 bits per heavy atom. The van der Waals surface area contributed by atoms with Crippen LogP contribution in [0.5, 0.6) is 0 Å². The standard InChI is InChI=1S/C21H34N2O/c1-2-3-5-11-21(18-20-9-6-4-7-10-20)19-22-12-8-13-23-14-16-24-17-15-23/h4,6-7,9-10,18,22H,2-3,5,8,11-17,19H2,1H3/b21-18-. The quantitative estimate of drug-likeness (QED) is 0.622. The Balaban J connectivity index is 1.70. The zero-order chi connectivity index (χ0) is 16.9. The number of ether oxygens (including phenoxy) is 1. The summed E-state index contributed by atoms with van der Waals surface area (Å²) in [7, 11) is 0. The van der Waals surface area contributed by atoms with Crippen LogP contribution in [0, 0.1) is 0 Å². The molecule has 3 heteroatoms. The van der Waals surface area contributed by atoms with E-state index in [2.05, 4.69) is 53.5 Å². The van der Waals surface area contributed by atoms with E-state index < -0.39 is 0 Å². The zero-order valence-electron chi connectivity index (χ0n) is 15.3. The molecule has 24 heavy (non-hydrogen) atoms. The Labute approximate surface area is 148 Å². The predicted octanol–water partition coefficient (Wildman–Crippen LogP) is 3.96. The molecule has 2 rings (SSSR count). The van der Waals surface area contributed by atoms with Crippen molar-refractivity contribution in [2.75, 3.05) is 45.9 Å². The topological polar surface area (TPSA) is 24.5 Å². The normalized spacial score (nSPS) is 16.5. The fourth-order valence-electron chi connectivity index (χ4n) is 3.10. The molecule has 0 amide bonds. The lowest BCUT2D eigenvalue weighted by Crippen LogP contribution is -2.37. The van der Waals surface area contributed by atoms with Gasteiger partial charge in [0.05, 0.1) is 13.2 Å². The van der Waals surface area contributed by atoms with Gasteiger partial charge in [0, 0.05) is 19.6 Å². The summed E-state index contributed by atoms with van der Waals surface area (Å²) in [5.74, 6) is 0. The Hall–Kier alpha value is -1.16. The highest BCUT2D eigenvalue weighted by Crippen LogP contribution is 2.13. The molecule has 0 spiro atoms. The van der Waals surface area contributed by atoms with E-state index in [0.29, 0.717) is 0 Å². The maximum Gasteiger partial charge on any atom is 0.0594 e. The molecule has 0 aliphatic carbocycles. The molecule has 1 aromatic carbocycles. The van der Waals surface area contributed by atoms with Gasteiger partial charge in [0.2, 0.25) is 0 Å². The van der Waals surface area contributed by atoms with Gasteiger partial charge in [-0.2, -0.15) is 0 Å². The third kappa shape index (κ3) is 8.09. The maximum absolute atomic E-state index is 5.40. The highest BCUT2D eigenvalue weighted by Gasteiger charge is 2.09. The molecule has 3 nitrogen and oxygen atoms in total. The van der Waals surface area contributed by atoms with Gasteiger partial charge in [-0.25, -0.2) is 0 Å². The Morgan fingerprint density at radius 2 is 1.92 bits per heavy atom. The van der Waals surface area contributed by atoms with Crippen LogP contribution in [0.15, 0.2) is 35.9 Å². The SMILES string of the molecule is CCCCC/C(=C/c1ccccc1)CNCCCN1CCOCC1. The largest absolute Gasteiger partial charge is 0.379 e. The number of benzene rings is 1. The van der Waals surface area contributed by atoms with Crippen LogP contribution in [0.1, 0.15) is 44.6 Å². The molecule has 1 N–H and O–H groups in total. The summed E-state index contributed by atoms with van der Waals surface area (Å²) in [6, 6.07) is 10.7. The molecule has 0 unspecified atom stereocenters. The van der Waals surface area contributed by atoms with E-state index in [4.69, 9.17) is 4.74 Å². The first kappa shape index (κ1) is 19.2.